The Balaban J connectivity index is 0.000000637. The van der Waals surface area contributed by atoms with E-state index in [4.69, 9.17) is 4.74 Å². The molecule has 2 aromatic rings. The summed E-state index contributed by atoms with van der Waals surface area (Å²) < 4.78 is 21.3. The first-order chi connectivity index (χ1) is 9.27. The van der Waals surface area contributed by atoms with Gasteiger partial charge in [0.1, 0.15) is 5.82 Å². The average molecular weight is 264 g/mol. The lowest BCUT2D eigenvalue weighted by Crippen LogP contribution is -2.19. The highest BCUT2D eigenvalue weighted by Crippen LogP contribution is 2.28. The summed E-state index contributed by atoms with van der Waals surface area (Å²) in [6, 6.07) is 5.09. The first kappa shape index (κ1) is 14.0. The van der Waals surface area contributed by atoms with Gasteiger partial charge in [-0.25, -0.2) is 9.07 Å². The summed E-state index contributed by atoms with van der Waals surface area (Å²) in [5.74, 6) is -0.206. The van der Waals surface area contributed by atoms with Gasteiger partial charge in [0.05, 0.1) is 16.6 Å². The number of hydrogen-bond donors (Lipinski definition) is 0. The molecule has 1 saturated heterocycles. The molecule has 1 aliphatic heterocycles. The number of hydrogen-bond acceptors (Lipinski definition) is 2. The molecule has 0 N–H and O–H groups in total. The summed E-state index contributed by atoms with van der Waals surface area (Å²) in [6.45, 7) is 6.60. The molecule has 1 fully saturated rings. The molecule has 0 spiro atoms. The Morgan fingerprint density at radius 2 is 2.11 bits per heavy atom. The van der Waals surface area contributed by atoms with Crippen LogP contribution in [0, 0.1) is 12.7 Å². The quantitative estimate of drug-likeness (QED) is 0.771. The minimum Gasteiger partial charge on any atom is -0.356 e. The topological polar surface area (TPSA) is 27.1 Å². The van der Waals surface area contributed by atoms with Gasteiger partial charge in [0, 0.05) is 6.61 Å². The number of fused-ring (bicyclic) bond motifs is 1. The Hall–Kier alpha value is -1.42. The molecule has 0 aliphatic carbocycles. The molecular weight excluding hydrogens is 243 g/mol. The highest BCUT2D eigenvalue weighted by Gasteiger charge is 2.20. The number of aromatic nitrogens is 2. The van der Waals surface area contributed by atoms with Gasteiger partial charge in [0.15, 0.2) is 6.23 Å². The lowest BCUT2D eigenvalue weighted by Gasteiger charge is -2.23. The van der Waals surface area contributed by atoms with E-state index < -0.39 is 0 Å². The van der Waals surface area contributed by atoms with Crippen molar-refractivity contribution in [3.63, 3.8) is 0 Å². The second-order valence-electron chi connectivity index (χ2n) is 4.49. The Labute approximate surface area is 113 Å². The number of ether oxygens (including phenoxy) is 1. The Morgan fingerprint density at radius 3 is 2.79 bits per heavy atom. The third-order valence-electron chi connectivity index (χ3n) is 3.29. The van der Waals surface area contributed by atoms with Crippen LogP contribution >= 0.6 is 0 Å². The van der Waals surface area contributed by atoms with E-state index in [1.165, 1.54) is 6.07 Å². The van der Waals surface area contributed by atoms with Gasteiger partial charge in [0.2, 0.25) is 0 Å². The normalized spacial score (nSPS) is 19.1. The Kier molecular flexibility index (Phi) is 4.53. The Morgan fingerprint density at radius 1 is 1.32 bits per heavy atom. The van der Waals surface area contributed by atoms with Crippen LogP contribution in [0.5, 0.6) is 0 Å². The summed E-state index contributed by atoms with van der Waals surface area (Å²) in [6.07, 6.45) is 3.15. The van der Waals surface area contributed by atoms with E-state index in [0.29, 0.717) is 5.39 Å². The predicted molar refractivity (Wildman–Crippen MR) is 74.6 cm³/mol. The van der Waals surface area contributed by atoms with Crippen molar-refractivity contribution < 1.29 is 9.13 Å². The fraction of sp³-hybridized carbons (Fsp3) is 0.533. The fourth-order valence-electron chi connectivity index (χ4n) is 2.46. The summed E-state index contributed by atoms with van der Waals surface area (Å²) in [7, 11) is 0. The van der Waals surface area contributed by atoms with Crippen LogP contribution in [0.3, 0.4) is 0 Å². The minimum atomic E-state index is -0.206. The number of nitrogens with zero attached hydrogens (tertiary/aromatic N) is 2. The van der Waals surface area contributed by atoms with Gasteiger partial charge < -0.3 is 4.74 Å². The standard InChI is InChI=1S/C13H15FN2O.C2H6/c1-9-13-10(14)5-4-6-11(13)16(15-9)12-7-2-3-8-17-12;1-2/h4-6,12H,2-3,7-8H2,1H3;1-2H3. The van der Waals surface area contributed by atoms with Crippen LogP contribution in [0.1, 0.15) is 45.0 Å². The molecule has 0 bridgehead atoms. The van der Waals surface area contributed by atoms with Crippen molar-refractivity contribution in [2.24, 2.45) is 0 Å². The number of aryl methyl sites for hydroxylation is 1. The summed E-state index contributed by atoms with van der Waals surface area (Å²) in [5, 5.41) is 5.04. The molecule has 0 saturated carbocycles. The average Bonchev–Trinajstić information content (AvgIpc) is 2.81. The molecule has 4 heteroatoms. The van der Waals surface area contributed by atoms with Gasteiger partial charge in [-0.3, -0.25) is 0 Å². The molecule has 104 valence electrons. The van der Waals surface area contributed by atoms with Gasteiger partial charge in [-0.1, -0.05) is 19.9 Å². The predicted octanol–water partition coefficient (Wildman–Crippen LogP) is 4.21. The summed E-state index contributed by atoms with van der Waals surface area (Å²) >= 11 is 0. The molecule has 1 aliphatic rings. The Bertz CT molecular complexity index is 544. The van der Waals surface area contributed by atoms with Crippen LogP contribution in [0.2, 0.25) is 0 Å². The van der Waals surface area contributed by atoms with Crippen LogP contribution in [0.4, 0.5) is 4.39 Å². The van der Waals surface area contributed by atoms with E-state index in [1.807, 2.05) is 31.5 Å². The molecule has 1 aromatic carbocycles. The first-order valence-electron chi connectivity index (χ1n) is 7.02. The second-order valence-corrected chi connectivity index (χ2v) is 4.49. The summed E-state index contributed by atoms with van der Waals surface area (Å²) in [4.78, 5) is 0. The fourth-order valence-corrected chi connectivity index (χ4v) is 2.46. The zero-order valence-electron chi connectivity index (χ0n) is 11.8. The zero-order valence-corrected chi connectivity index (χ0v) is 11.8. The van der Waals surface area contributed by atoms with Crippen molar-refractivity contribution in [2.45, 2.75) is 46.3 Å². The second kappa shape index (κ2) is 6.15. The molecule has 3 rings (SSSR count). The molecule has 1 aromatic heterocycles. The third-order valence-corrected chi connectivity index (χ3v) is 3.29. The molecule has 1 unspecified atom stereocenters. The minimum absolute atomic E-state index is 0.0400. The lowest BCUT2D eigenvalue weighted by molar-refractivity contribution is -0.0368. The van der Waals surface area contributed by atoms with Crippen molar-refractivity contribution in [3.05, 3.63) is 29.7 Å². The van der Waals surface area contributed by atoms with E-state index >= 15 is 0 Å². The van der Waals surface area contributed by atoms with Crippen molar-refractivity contribution >= 4 is 10.9 Å². The smallest absolute Gasteiger partial charge is 0.150 e. The van der Waals surface area contributed by atoms with Gasteiger partial charge in [0.25, 0.3) is 0 Å². The van der Waals surface area contributed by atoms with Gasteiger partial charge in [-0.2, -0.15) is 5.10 Å². The van der Waals surface area contributed by atoms with Crippen molar-refractivity contribution in [2.75, 3.05) is 6.61 Å². The van der Waals surface area contributed by atoms with Crippen LogP contribution in [-0.2, 0) is 4.74 Å². The van der Waals surface area contributed by atoms with Crippen LogP contribution in [0.15, 0.2) is 18.2 Å². The molecule has 0 amide bonds. The van der Waals surface area contributed by atoms with Crippen molar-refractivity contribution in [3.8, 4) is 0 Å². The highest BCUT2D eigenvalue weighted by molar-refractivity contribution is 5.82. The van der Waals surface area contributed by atoms with Crippen LogP contribution in [-0.4, -0.2) is 16.4 Å². The molecule has 19 heavy (non-hydrogen) atoms. The van der Waals surface area contributed by atoms with Crippen molar-refractivity contribution in [1.29, 1.82) is 0 Å². The molecule has 1 atom stereocenters. The van der Waals surface area contributed by atoms with E-state index in [-0.39, 0.29) is 12.0 Å². The lowest BCUT2D eigenvalue weighted by atomic mass is 10.1. The number of rotatable bonds is 1. The van der Waals surface area contributed by atoms with E-state index in [2.05, 4.69) is 5.10 Å². The molecular formula is C15H21FN2O. The highest BCUT2D eigenvalue weighted by atomic mass is 19.1. The van der Waals surface area contributed by atoms with Gasteiger partial charge in [-0.15, -0.1) is 0 Å². The van der Waals surface area contributed by atoms with Crippen molar-refractivity contribution in [1.82, 2.24) is 9.78 Å². The maximum absolute atomic E-state index is 13.7. The molecule has 3 nitrogen and oxygen atoms in total. The van der Waals surface area contributed by atoms with Crippen LogP contribution < -0.4 is 0 Å². The molecule has 0 radical (unpaired) electrons. The van der Waals surface area contributed by atoms with E-state index in [9.17, 15) is 4.39 Å². The largest absolute Gasteiger partial charge is 0.356 e. The van der Waals surface area contributed by atoms with E-state index in [1.54, 1.807) is 6.07 Å². The third kappa shape index (κ3) is 2.63. The van der Waals surface area contributed by atoms with E-state index in [0.717, 1.165) is 37.1 Å². The number of halogens is 1. The number of benzene rings is 1. The maximum atomic E-state index is 13.7. The molecule has 2 heterocycles. The van der Waals surface area contributed by atoms with Gasteiger partial charge in [-0.05, 0) is 38.3 Å². The monoisotopic (exact) mass is 264 g/mol. The zero-order chi connectivity index (χ0) is 13.8. The summed E-state index contributed by atoms with van der Waals surface area (Å²) in [5.41, 5.74) is 1.56. The van der Waals surface area contributed by atoms with Crippen LogP contribution in [0.25, 0.3) is 10.9 Å². The van der Waals surface area contributed by atoms with Gasteiger partial charge >= 0.3 is 0 Å². The SMILES string of the molecule is CC.Cc1nn(C2CCCCO2)c2cccc(F)c12. The maximum Gasteiger partial charge on any atom is 0.150 e. The first-order valence-corrected chi connectivity index (χ1v) is 7.02.